The molecule has 1 aromatic carbocycles. The van der Waals surface area contributed by atoms with Gasteiger partial charge >= 0.3 is 6.09 Å². The van der Waals surface area contributed by atoms with Gasteiger partial charge in [-0.15, -0.1) is 0 Å². The number of nitrogens with zero attached hydrogens (tertiary/aromatic N) is 1. The predicted molar refractivity (Wildman–Crippen MR) is 89.4 cm³/mol. The minimum Gasteiger partial charge on any atom is -0.493 e. The Labute approximate surface area is 145 Å². The van der Waals surface area contributed by atoms with Crippen molar-refractivity contribution in [1.82, 2.24) is 5.32 Å². The lowest BCUT2D eigenvalue weighted by Crippen LogP contribution is -2.33. The number of alkyl carbamates (subject to hydrolysis) is 1. The maximum absolute atomic E-state index is 11.5. The number of carbonyl (C=O) groups excluding carboxylic acids is 2. The van der Waals surface area contributed by atoms with Crippen LogP contribution in [0.1, 0.15) is 37.6 Å². The molecule has 0 aromatic heterocycles. The van der Waals surface area contributed by atoms with Crippen molar-refractivity contribution in [1.29, 1.82) is 0 Å². The van der Waals surface area contributed by atoms with Crippen LogP contribution in [-0.4, -0.2) is 43.2 Å². The van der Waals surface area contributed by atoms with Crippen molar-refractivity contribution in [2.45, 2.75) is 32.8 Å². The zero-order chi connectivity index (χ0) is 19.0. The third kappa shape index (κ3) is 6.66. The number of nitro groups is 1. The number of benzene rings is 1. The van der Waals surface area contributed by atoms with Crippen molar-refractivity contribution in [3.05, 3.63) is 27.8 Å². The Morgan fingerprint density at radius 3 is 2.52 bits per heavy atom. The molecule has 0 atom stereocenters. The van der Waals surface area contributed by atoms with Gasteiger partial charge in [-0.05, 0) is 27.2 Å². The lowest BCUT2D eigenvalue weighted by atomic mass is 10.1. The highest BCUT2D eigenvalue weighted by Gasteiger charge is 2.19. The molecular formula is C16H22N2O7. The number of aldehydes is 1. The quantitative estimate of drug-likeness (QED) is 0.330. The van der Waals surface area contributed by atoms with E-state index in [9.17, 15) is 19.7 Å². The van der Waals surface area contributed by atoms with Crippen LogP contribution in [-0.2, 0) is 4.74 Å². The van der Waals surface area contributed by atoms with Crippen molar-refractivity contribution in [3.63, 3.8) is 0 Å². The molecule has 0 radical (unpaired) electrons. The Bertz CT molecular complexity index is 638. The van der Waals surface area contributed by atoms with Gasteiger partial charge in [0, 0.05) is 12.6 Å². The third-order valence-corrected chi connectivity index (χ3v) is 2.88. The van der Waals surface area contributed by atoms with Gasteiger partial charge in [0.2, 0.25) is 0 Å². The second-order valence-corrected chi connectivity index (χ2v) is 6.07. The van der Waals surface area contributed by atoms with E-state index < -0.39 is 16.6 Å². The van der Waals surface area contributed by atoms with Crippen LogP contribution >= 0.6 is 0 Å². The van der Waals surface area contributed by atoms with Crippen molar-refractivity contribution < 1.29 is 28.7 Å². The van der Waals surface area contributed by atoms with Gasteiger partial charge in [0.05, 0.1) is 30.3 Å². The fourth-order valence-electron chi connectivity index (χ4n) is 1.85. The van der Waals surface area contributed by atoms with Gasteiger partial charge in [-0.3, -0.25) is 14.9 Å². The normalized spacial score (nSPS) is 10.7. The second kappa shape index (κ2) is 8.86. The zero-order valence-corrected chi connectivity index (χ0v) is 14.7. The van der Waals surface area contributed by atoms with Gasteiger partial charge in [-0.25, -0.2) is 4.79 Å². The molecule has 9 heteroatoms. The number of ether oxygens (including phenoxy) is 3. The van der Waals surface area contributed by atoms with Crippen LogP contribution in [0, 0.1) is 10.1 Å². The Balaban J connectivity index is 2.59. The minimum atomic E-state index is -0.667. The summed E-state index contributed by atoms with van der Waals surface area (Å²) in [5, 5.41) is 13.6. The first-order valence-electron chi connectivity index (χ1n) is 7.59. The van der Waals surface area contributed by atoms with Crippen LogP contribution in [0.3, 0.4) is 0 Å². The van der Waals surface area contributed by atoms with Crippen LogP contribution in [0.5, 0.6) is 11.5 Å². The van der Waals surface area contributed by atoms with Crippen LogP contribution in [0.25, 0.3) is 0 Å². The SMILES string of the molecule is COc1cc(C=O)c([N+](=O)[O-])cc1OCCCNC(=O)OC(C)(C)C. The molecule has 0 unspecified atom stereocenters. The average Bonchev–Trinajstić information content (AvgIpc) is 2.52. The van der Waals surface area contributed by atoms with Crippen LogP contribution in [0.15, 0.2) is 12.1 Å². The van der Waals surface area contributed by atoms with Crippen molar-refractivity contribution in [2.75, 3.05) is 20.3 Å². The number of methoxy groups -OCH3 is 1. The van der Waals surface area contributed by atoms with Crippen LogP contribution in [0.2, 0.25) is 0 Å². The summed E-state index contributed by atoms with van der Waals surface area (Å²) in [5.74, 6) is 0.366. The van der Waals surface area contributed by atoms with Gasteiger partial charge in [0.1, 0.15) is 5.60 Å². The number of rotatable bonds is 8. The Kier molecular flexibility index (Phi) is 7.16. The lowest BCUT2D eigenvalue weighted by Gasteiger charge is -2.19. The Hall–Kier alpha value is -2.84. The molecule has 1 aromatic rings. The summed E-state index contributed by atoms with van der Waals surface area (Å²) in [7, 11) is 1.37. The Morgan fingerprint density at radius 2 is 2.00 bits per heavy atom. The van der Waals surface area contributed by atoms with E-state index in [-0.39, 0.29) is 29.4 Å². The van der Waals surface area contributed by atoms with Crippen molar-refractivity contribution in [3.8, 4) is 11.5 Å². The van der Waals surface area contributed by atoms with E-state index in [0.29, 0.717) is 19.3 Å². The van der Waals surface area contributed by atoms with Gasteiger partial charge in [0.25, 0.3) is 5.69 Å². The molecule has 0 aliphatic rings. The Morgan fingerprint density at radius 1 is 1.32 bits per heavy atom. The lowest BCUT2D eigenvalue weighted by molar-refractivity contribution is -0.385. The summed E-state index contributed by atoms with van der Waals surface area (Å²) >= 11 is 0. The van der Waals surface area contributed by atoms with Crippen LogP contribution in [0.4, 0.5) is 10.5 Å². The highest BCUT2D eigenvalue weighted by atomic mass is 16.6. The third-order valence-electron chi connectivity index (χ3n) is 2.88. The molecular weight excluding hydrogens is 332 g/mol. The molecule has 1 amide bonds. The fraction of sp³-hybridized carbons (Fsp3) is 0.500. The zero-order valence-electron chi connectivity index (χ0n) is 14.7. The number of nitrogens with one attached hydrogen (secondary N) is 1. The summed E-state index contributed by atoms with van der Waals surface area (Å²) < 4.78 is 15.6. The molecule has 0 heterocycles. The molecule has 0 fully saturated rings. The molecule has 0 aliphatic carbocycles. The second-order valence-electron chi connectivity index (χ2n) is 6.07. The summed E-state index contributed by atoms with van der Waals surface area (Å²) in [4.78, 5) is 32.7. The largest absolute Gasteiger partial charge is 0.493 e. The first-order chi connectivity index (χ1) is 11.7. The molecule has 9 nitrogen and oxygen atoms in total. The standard InChI is InChI=1S/C16H22N2O7/c1-16(2,3)25-15(20)17-6-5-7-24-14-9-12(18(21)22)11(10-19)8-13(14)23-4/h8-10H,5-7H2,1-4H3,(H,17,20). The molecule has 1 rings (SSSR count). The fourth-order valence-corrected chi connectivity index (χ4v) is 1.85. The van der Waals surface area contributed by atoms with E-state index in [1.807, 2.05) is 0 Å². The van der Waals surface area contributed by atoms with E-state index >= 15 is 0 Å². The van der Waals surface area contributed by atoms with Crippen molar-refractivity contribution >= 4 is 18.1 Å². The molecule has 0 aliphatic heterocycles. The van der Waals surface area contributed by atoms with E-state index in [2.05, 4.69) is 5.32 Å². The smallest absolute Gasteiger partial charge is 0.407 e. The summed E-state index contributed by atoms with van der Waals surface area (Å²) in [6.45, 7) is 5.78. The number of nitro benzene ring substituents is 1. The highest BCUT2D eigenvalue weighted by molar-refractivity contribution is 5.83. The summed E-state index contributed by atoms with van der Waals surface area (Å²) in [5.41, 5.74) is -1.04. The molecule has 25 heavy (non-hydrogen) atoms. The first kappa shape index (κ1) is 20.2. The summed E-state index contributed by atoms with van der Waals surface area (Å²) in [6.07, 6.45) is 0.303. The number of amides is 1. The van der Waals surface area contributed by atoms with E-state index in [0.717, 1.165) is 6.07 Å². The van der Waals surface area contributed by atoms with Crippen molar-refractivity contribution in [2.24, 2.45) is 0 Å². The number of carbonyl (C=O) groups is 2. The van der Waals surface area contributed by atoms with Gasteiger partial charge in [-0.1, -0.05) is 0 Å². The molecule has 1 N–H and O–H groups in total. The van der Waals surface area contributed by atoms with Gasteiger partial charge < -0.3 is 19.5 Å². The highest BCUT2D eigenvalue weighted by Crippen LogP contribution is 2.34. The van der Waals surface area contributed by atoms with E-state index in [4.69, 9.17) is 14.2 Å². The maximum Gasteiger partial charge on any atom is 0.407 e. The summed E-state index contributed by atoms with van der Waals surface area (Å²) in [6, 6.07) is 2.39. The number of hydrogen-bond donors (Lipinski definition) is 1. The molecule has 0 bridgehead atoms. The average molecular weight is 354 g/mol. The first-order valence-corrected chi connectivity index (χ1v) is 7.59. The van der Waals surface area contributed by atoms with Crippen LogP contribution < -0.4 is 14.8 Å². The molecule has 0 saturated carbocycles. The van der Waals surface area contributed by atoms with E-state index in [1.165, 1.54) is 13.2 Å². The maximum atomic E-state index is 11.5. The van der Waals surface area contributed by atoms with Gasteiger partial charge in [-0.2, -0.15) is 0 Å². The molecule has 0 spiro atoms. The van der Waals surface area contributed by atoms with E-state index in [1.54, 1.807) is 20.8 Å². The predicted octanol–water partition coefficient (Wildman–Crippen LogP) is 2.71. The van der Waals surface area contributed by atoms with Gasteiger partial charge in [0.15, 0.2) is 17.8 Å². The topological polar surface area (TPSA) is 117 Å². The molecule has 138 valence electrons. The molecule has 0 saturated heterocycles. The number of hydrogen-bond acceptors (Lipinski definition) is 7. The monoisotopic (exact) mass is 354 g/mol. The minimum absolute atomic E-state index is 0.0965.